The molecule has 1 rings (SSSR count). The number of carbonyl (C=O) groups excluding carboxylic acids is 2. The van der Waals surface area contributed by atoms with Crippen LogP contribution in [0.5, 0.6) is 0 Å². The highest BCUT2D eigenvalue weighted by molar-refractivity contribution is 6.31. The summed E-state index contributed by atoms with van der Waals surface area (Å²) in [5, 5.41) is 2.95. The summed E-state index contributed by atoms with van der Waals surface area (Å²) in [4.78, 5) is 23.9. The van der Waals surface area contributed by atoms with E-state index in [1.807, 2.05) is 0 Å². The Morgan fingerprint density at radius 2 is 2.00 bits per heavy atom. The van der Waals surface area contributed by atoms with Crippen molar-refractivity contribution in [2.24, 2.45) is 5.73 Å². The lowest BCUT2D eigenvalue weighted by Crippen LogP contribution is -2.28. The van der Waals surface area contributed by atoms with E-state index in [2.05, 4.69) is 5.32 Å². The van der Waals surface area contributed by atoms with E-state index in [1.165, 1.54) is 23.1 Å². The monoisotopic (exact) mass is 241 g/mol. The second-order valence-corrected chi connectivity index (χ2v) is 3.82. The van der Waals surface area contributed by atoms with Crippen LogP contribution in [-0.4, -0.2) is 30.9 Å². The fourth-order valence-electron chi connectivity index (χ4n) is 1.06. The smallest absolute Gasteiger partial charge is 0.321 e. The molecule has 0 saturated heterocycles. The van der Waals surface area contributed by atoms with Crippen LogP contribution < -0.4 is 11.1 Å². The van der Waals surface area contributed by atoms with Crippen molar-refractivity contribution in [2.45, 2.75) is 0 Å². The van der Waals surface area contributed by atoms with Crippen molar-refractivity contribution in [3.05, 3.63) is 28.8 Å². The molecule has 0 atom stereocenters. The van der Waals surface area contributed by atoms with Gasteiger partial charge in [-0.15, -0.1) is 0 Å². The number of nitrogens with zero attached hydrogens (tertiary/aromatic N) is 1. The maximum Gasteiger partial charge on any atom is 0.321 e. The van der Waals surface area contributed by atoms with Gasteiger partial charge in [-0.3, -0.25) is 4.79 Å². The molecule has 0 bridgehead atoms. The lowest BCUT2D eigenvalue weighted by Gasteiger charge is -2.14. The molecule has 0 fully saturated rings. The molecule has 1 aromatic carbocycles. The second-order valence-electron chi connectivity index (χ2n) is 3.38. The number of nitrogens with one attached hydrogen (secondary N) is 1. The number of hydrogen-bond donors (Lipinski definition) is 2. The summed E-state index contributed by atoms with van der Waals surface area (Å²) in [6.45, 7) is 0. The van der Waals surface area contributed by atoms with Gasteiger partial charge in [0.15, 0.2) is 0 Å². The van der Waals surface area contributed by atoms with Crippen LogP contribution in [0.3, 0.4) is 0 Å². The molecular formula is C10H12ClN3O2. The molecule has 0 aromatic heterocycles. The lowest BCUT2D eigenvalue weighted by atomic mass is 10.1. The van der Waals surface area contributed by atoms with Crippen LogP contribution in [0.1, 0.15) is 10.4 Å². The summed E-state index contributed by atoms with van der Waals surface area (Å²) in [5.74, 6) is -0.620. The van der Waals surface area contributed by atoms with Crippen molar-refractivity contribution in [3.8, 4) is 0 Å². The van der Waals surface area contributed by atoms with Crippen LogP contribution in [0.15, 0.2) is 18.2 Å². The lowest BCUT2D eigenvalue weighted by molar-refractivity contribution is 0.100. The van der Waals surface area contributed by atoms with Gasteiger partial charge in [-0.05, 0) is 18.2 Å². The van der Waals surface area contributed by atoms with E-state index in [-0.39, 0.29) is 11.6 Å². The number of benzene rings is 1. The van der Waals surface area contributed by atoms with Gasteiger partial charge in [0.2, 0.25) is 0 Å². The summed E-state index contributed by atoms with van der Waals surface area (Å²) >= 11 is 5.77. The predicted octanol–water partition coefficient (Wildman–Crippen LogP) is 1.53. The molecule has 0 unspecified atom stereocenters. The third-order valence-electron chi connectivity index (χ3n) is 1.89. The van der Waals surface area contributed by atoms with E-state index in [4.69, 9.17) is 17.3 Å². The van der Waals surface area contributed by atoms with Crippen LogP contribution in [-0.2, 0) is 0 Å². The first-order chi connectivity index (χ1) is 7.41. The number of amides is 3. The first-order valence-electron chi connectivity index (χ1n) is 4.49. The van der Waals surface area contributed by atoms with Crippen molar-refractivity contribution in [3.63, 3.8) is 0 Å². The number of nitrogens with two attached hydrogens (primary N) is 1. The van der Waals surface area contributed by atoms with Gasteiger partial charge in [-0.1, -0.05) is 11.6 Å². The third kappa shape index (κ3) is 2.87. The molecule has 0 heterocycles. The highest BCUT2D eigenvalue weighted by Gasteiger charge is 2.12. The molecule has 0 aliphatic rings. The minimum Gasteiger partial charge on any atom is -0.366 e. The topological polar surface area (TPSA) is 75.4 Å². The van der Waals surface area contributed by atoms with Crippen LogP contribution >= 0.6 is 11.6 Å². The molecule has 3 N–H and O–H groups in total. The van der Waals surface area contributed by atoms with Crippen molar-refractivity contribution in [1.29, 1.82) is 0 Å². The van der Waals surface area contributed by atoms with Crippen molar-refractivity contribution < 1.29 is 9.59 Å². The maximum atomic E-state index is 11.4. The summed E-state index contributed by atoms with van der Waals surface area (Å²) < 4.78 is 0. The van der Waals surface area contributed by atoms with Gasteiger partial charge < -0.3 is 16.0 Å². The molecule has 3 amide bonds. The Hall–Kier alpha value is -1.75. The number of carbonyl (C=O) groups is 2. The Morgan fingerprint density at radius 1 is 1.38 bits per heavy atom. The van der Waals surface area contributed by atoms with E-state index in [9.17, 15) is 9.59 Å². The molecule has 0 aliphatic carbocycles. The van der Waals surface area contributed by atoms with Crippen LogP contribution in [0.4, 0.5) is 10.5 Å². The summed E-state index contributed by atoms with van der Waals surface area (Å²) in [6, 6.07) is 4.12. The minimum absolute atomic E-state index is 0.222. The quantitative estimate of drug-likeness (QED) is 0.824. The molecule has 0 spiro atoms. The van der Waals surface area contributed by atoms with Crippen LogP contribution in [0.25, 0.3) is 0 Å². The van der Waals surface area contributed by atoms with E-state index in [0.29, 0.717) is 10.7 Å². The van der Waals surface area contributed by atoms with Crippen molar-refractivity contribution in [2.75, 3.05) is 19.4 Å². The van der Waals surface area contributed by atoms with Gasteiger partial charge in [-0.2, -0.15) is 0 Å². The van der Waals surface area contributed by atoms with Gasteiger partial charge in [0.1, 0.15) is 0 Å². The maximum absolute atomic E-state index is 11.4. The summed E-state index contributed by atoms with van der Waals surface area (Å²) in [5.41, 5.74) is 5.70. The molecule has 6 heteroatoms. The SMILES string of the molecule is CN(C)C(=O)Nc1cc(Cl)ccc1C(N)=O. The molecule has 5 nitrogen and oxygen atoms in total. The zero-order valence-corrected chi connectivity index (χ0v) is 9.71. The van der Waals surface area contributed by atoms with Crippen LogP contribution in [0.2, 0.25) is 5.02 Å². The minimum atomic E-state index is -0.620. The standard InChI is InChI=1S/C10H12ClN3O2/c1-14(2)10(16)13-8-5-6(11)3-4-7(8)9(12)15/h3-5H,1-2H3,(H2,12,15)(H,13,16). The Morgan fingerprint density at radius 3 is 2.50 bits per heavy atom. The zero-order chi connectivity index (χ0) is 12.3. The Labute approximate surface area is 98.2 Å². The second kappa shape index (κ2) is 4.85. The molecule has 86 valence electrons. The molecule has 16 heavy (non-hydrogen) atoms. The van der Waals surface area contributed by atoms with Gasteiger partial charge in [-0.25, -0.2) is 4.79 Å². The molecule has 0 saturated carbocycles. The first-order valence-corrected chi connectivity index (χ1v) is 4.87. The number of anilines is 1. The third-order valence-corrected chi connectivity index (χ3v) is 2.13. The Bertz CT molecular complexity index is 432. The Balaban J connectivity index is 3.06. The number of halogens is 1. The molecule has 1 aromatic rings. The van der Waals surface area contributed by atoms with Gasteiger partial charge in [0, 0.05) is 19.1 Å². The van der Waals surface area contributed by atoms with Crippen LogP contribution in [0, 0.1) is 0 Å². The number of hydrogen-bond acceptors (Lipinski definition) is 2. The highest BCUT2D eigenvalue weighted by atomic mass is 35.5. The fourth-order valence-corrected chi connectivity index (χ4v) is 1.23. The predicted molar refractivity (Wildman–Crippen MR) is 62.7 cm³/mol. The van der Waals surface area contributed by atoms with E-state index < -0.39 is 5.91 Å². The van der Waals surface area contributed by atoms with Gasteiger partial charge in [0.25, 0.3) is 5.91 Å². The summed E-state index contributed by atoms with van der Waals surface area (Å²) in [7, 11) is 3.17. The fraction of sp³-hybridized carbons (Fsp3) is 0.200. The highest BCUT2D eigenvalue weighted by Crippen LogP contribution is 2.20. The van der Waals surface area contributed by atoms with Crippen molar-refractivity contribution in [1.82, 2.24) is 4.90 Å². The average Bonchev–Trinajstić information content (AvgIpc) is 2.16. The largest absolute Gasteiger partial charge is 0.366 e. The molecule has 0 aliphatic heterocycles. The van der Waals surface area contributed by atoms with Gasteiger partial charge in [0.05, 0.1) is 11.3 Å². The van der Waals surface area contributed by atoms with E-state index >= 15 is 0 Å². The van der Waals surface area contributed by atoms with Gasteiger partial charge >= 0.3 is 6.03 Å². The summed E-state index contributed by atoms with van der Waals surface area (Å²) in [6.07, 6.45) is 0. The first kappa shape index (κ1) is 12.3. The van der Waals surface area contributed by atoms with Crippen molar-refractivity contribution >= 4 is 29.2 Å². The molecule has 0 radical (unpaired) electrons. The van der Waals surface area contributed by atoms with E-state index in [1.54, 1.807) is 14.1 Å². The average molecular weight is 242 g/mol. The molecular weight excluding hydrogens is 230 g/mol. The van der Waals surface area contributed by atoms with E-state index in [0.717, 1.165) is 0 Å². The number of primary amides is 1. The Kier molecular flexibility index (Phi) is 3.73. The number of rotatable bonds is 2. The zero-order valence-electron chi connectivity index (χ0n) is 8.95. The normalized spacial score (nSPS) is 9.69. The number of urea groups is 1.